The highest BCUT2D eigenvalue weighted by Crippen LogP contribution is 2.27. The lowest BCUT2D eigenvalue weighted by atomic mass is 9.91. The molecule has 0 aromatic heterocycles. The zero-order valence-corrected chi connectivity index (χ0v) is 22.2. The molecule has 2 aromatic carbocycles. The summed E-state index contributed by atoms with van der Waals surface area (Å²) in [5.41, 5.74) is 1.03. The molecular formula is C30H30O6S. The van der Waals surface area contributed by atoms with Gasteiger partial charge in [0.1, 0.15) is 11.6 Å². The van der Waals surface area contributed by atoms with Crippen LogP contribution in [-0.4, -0.2) is 31.6 Å². The third-order valence-corrected chi connectivity index (χ3v) is 7.62. The van der Waals surface area contributed by atoms with Crippen LogP contribution in [0.1, 0.15) is 38.8 Å². The van der Waals surface area contributed by atoms with Crippen molar-refractivity contribution < 1.29 is 27.6 Å². The van der Waals surface area contributed by atoms with Crippen LogP contribution in [0.25, 0.3) is 11.1 Å². The van der Waals surface area contributed by atoms with Gasteiger partial charge in [0.15, 0.2) is 11.6 Å². The maximum atomic E-state index is 13.1. The number of carbonyl (C=O) groups excluding carboxylic acids is 4. The molecule has 0 aliphatic heterocycles. The quantitative estimate of drug-likeness (QED) is 0.216. The van der Waals surface area contributed by atoms with Gasteiger partial charge < -0.3 is 0 Å². The van der Waals surface area contributed by atoms with E-state index in [1.54, 1.807) is 26.0 Å². The standard InChI is InChI=1S/C30H30O6S/c1-7-9-27(21(5)31)29(33)19(3)23-11-15-25(16-12-23)37(35,36)26-17-13-24(14-18-26)20(4)30(34)28(10-8-2)22(6)32/h7-18,27-28H,3-4H2,1-2,5-6H3/b9-7+,10-8+. The summed E-state index contributed by atoms with van der Waals surface area (Å²) in [5, 5.41) is 0. The lowest BCUT2D eigenvalue weighted by molar-refractivity contribution is -0.128. The minimum atomic E-state index is -3.90. The second kappa shape index (κ2) is 12.3. The van der Waals surface area contributed by atoms with Crippen LogP contribution in [0.2, 0.25) is 0 Å². The lowest BCUT2D eigenvalue weighted by Gasteiger charge is -2.12. The van der Waals surface area contributed by atoms with E-state index >= 15 is 0 Å². The van der Waals surface area contributed by atoms with Gasteiger partial charge in [-0.2, -0.15) is 0 Å². The van der Waals surface area contributed by atoms with Crippen molar-refractivity contribution in [3.63, 3.8) is 0 Å². The van der Waals surface area contributed by atoms with Crippen molar-refractivity contribution in [2.24, 2.45) is 11.8 Å². The lowest BCUT2D eigenvalue weighted by Crippen LogP contribution is -2.20. The van der Waals surface area contributed by atoms with Crippen molar-refractivity contribution in [1.29, 1.82) is 0 Å². The van der Waals surface area contributed by atoms with Gasteiger partial charge in [-0.3, -0.25) is 19.2 Å². The summed E-state index contributed by atoms with van der Waals surface area (Å²) in [6.07, 6.45) is 6.24. The van der Waals surface area contributed by atoms with Gasteiger partial charge in [0.2, 0.25) is 9.84 Å². The van der Waals surface area contributed by atoms with Crippen molar-refractivity contribution in [2.75, 3.05) is 0 Å². The average molecular weight is 519 g/mol. The highest BCUT2D eigenvalue weighted by atomic mass is 32.2. The molecule has 0 aliphatic carbocycles. The van der Waals surface area contributed by atoms with Crippen molar-refractivity contribution in [2.45, 2.75) is 37.5 Å². The number of sulfone groups is 1. The molecule has 192 valence electrons. The molecule has 0 aliphatic rings. The molecule has 0 amide bonds. The molecule has 2 aromatic rings. The minimum absolute atomic E-state index is 0.000417. The van der Waals surface area contributed by atoms with E-state index in [2.05, 4.69) is 13.2 Å². The molecule has 0 radical (unpaired) electrons. The van der Waals surface area contributed by atoms with Gasteiger partial charge in [0.25, 0.3) is 0 Å². The molecule has 37 heavy (non-hydrogen) atoms. The van der Waals surface area contributed by atoms with Crippen LogP contribution in [0.3, 0.4) is 0 Å². The van der Waals surface area contributed by atoms with Crippen molar-refractivity contribution in [1.82, 2.24) is 0 Å². The van der Waals surface area contributed by atoms with Crippen LogP contribution >= 0.6 is 0 Å². The molecule has 0 bridgehead atoms. The number of rotatable bonds is 12. The molecular weight excluding hydrogens is 488 g/mol. The third-order valence-electron chi connectivity index (χ3n) is 5.83. The van der Waals surface area contributed by atoms with Gasteiger partial charge in [-0.1, -0.05) is 61.7 Å². The van der Waals surface area contributed by atoms with Gasteiger partial charge >= 0.3 is 0 Å². The molecule has 0 saturated heterocycles. The Kier molecular flexibility index (Phi) is 9.74. The summed E-state index contributed by atoms with van der Waals surface area (Å²) in [5.74, 6) is -3.40. The second-order valence-corrected chi connectivity index (χ2v) is 10.4. The van der Waals surface area contributed by atoms with Gasteiger partial charge in [-0.05, 0) is 63.1 Å². The van der Waals surface area contributed by atoms with Crippen LogP contribution in [0, 0.1) is 11.8 Å². The summed E-state index contributed by atoms with van der Waals surface area (Å²) >= 11 is 0. The Labute approximate surface area is 218 Å². The van der Waals surface area contributed by atoms with Gasteiger partial charge in [-0.25, -0.2) is 8.42 Å². The average Bonchev–Trinajstić information content (AvgIpc) is 2.88. The fourth-order valence-corrected chi connectivity index (χ4v) is 4.93. The summed E-state index contributed by atoms with van der Waals surface area (Å²) in [6.45, 7) is 13.6. The number of Topliss-reactive ketones (excluding diaryl/α,β-unsaturated/α-hetero) is 4. The zero-order chi connectivity index (χ0) is 27.9. The normalized spacial score (nSPS) is 13.3. The number of ketones is 4. The van der Waals surface area contributed by atoms with Crippen molar-refractivity contribution in [3.05, 3.63) is 97.1 Å². The number of allylic oxidation sites excluding steroid dienone is 6. The first-order chi connectivity index (χ1) is 17.4. The van der Waals surface area contributed by atoms with E-state index in [4.69, 9.17) is 0 Å². The third kappa shape index (κ3) is 6.62. The molecule has 2 atom stereocenters. The van der Waals surface area contributed by atoms with Crippen LogP contribution in [0.5, 0.6) is 0 Å². The molecule has 0 saturated carbocycles. The Bertz CT molecular complexity index is 1300. The van der Waals surface area contributed by atoms with Crippen LogP contribution in [0.15, 0.2) is 95.8 Å². The first kappa shape index (κ1) is 29.3. The fraction of sp³-hybridized carbons (Fsp3) is 0.200. The molecule has 0 N–H and O–H groups in total. The summed E-state index contributed by atoms with van der Waals surface area (Å²) in [7, 11) is -3.90. The predicted molar refractivity (Wildman–Crippen MR) is 144 cm³/mol. The molecule has 0 heterocycles. The SMILES string of the molecule is C=C(C(=O)C(/C=C/C)C(C)=O)c1ccc(S(=O)(=O)c2ccc(C(=C)C(=O)C(/C=C/C)C(C)=O)cc2)cc1. The molecule has 2 unspecified atom stereocenters. The minimum Gasteiger partial charge on any atom is -0.299 e. The molecule has 2 rings (SSSR count). The first-order valence-corrected chi connectivity index (χ1v) is 13.0. The van der Waals surface area contributed by atoms with E-state index < -0.39 is 33.2 Å². The summed E-state index contributed by atoms with van der Waals surface area (Å²) < 4.78 is 26.3. The highest BCUT2D eigenvalue weighted by Gasteiger charge is 2.25. The smallest absolute Gasteiger partial charge is 0.206 e. The van der Waals surface area contributed by atoms with Gasteiger partial charge in [0.05, 0.1) is 21.6 Å². The summed E-state index contributed by atoms with van der Waals surface area (Å²) in [4.78, 5) is 49.0. The zero-order valence-electron chi connectivity index (χ0n) is 21.4. The molecule has 6 nitrogen and oxygen atoms in total. The number of benzene rings is 2. The van der Waals surface area contributed by atoms with E-state index in [-0.39, 0.29) is 32.5 Å². The van der Waals surface area contributed by atoms with Crippen LogP contribution < -0.4 is 0 Å². The Morgan fingerprint density at radius 3 is 1.19 bits per heavy atom. The van der Waals surface area contributed by atoms with E-state index in [1.807, 2.05) is 0 Å². The Morgan fingerprint density at radius 1 is 0.649 bits per heavy atom. The monoisotopic (exact) mass is 518 g/mol. The van der Waals surface area contributed by atoms with Crippen LogP contribution in [-0.2, 0) is 29.0 Å². The van der Waals surface area contributed by atoms with Gasteiger partial charge in [0, 0.05) is 11.1 Å². The van der Waals surface area contributed by atoms with Crippen LogP contribution in [0.4, 0.5) is 0 Å². The highest BCUT2D eigenvalue weighted by molar-refractivity contribution is 7.91. The molecule has 0 spiro atoms. The second-order valence-electron chi connectivity index (χ2n) is 8.47. The molecule has 0 fully saturated rings. The predicted octanol–water partition coefficient (Wildman–Crippen LogP) is 5.25. The first-order valence-electron chi connectivity index (χ1n) is 11.6. The topological polar surface area (TPSA) is 102 Å². The Hall–Kier alpha value is -3.97. The van der Waals surface area contributed by atoms with Crippen molar-refractivity contribution >= 4 is 44.1 Å². The number of hydrogen-bond acceptors (Lipinski definition) is 6. The molecule has 7 heteroatoms. The van der Waals surface area contributed by atoms with E-state index in [0.29, 0.717) is 11.1 Å². The summed E-state index contributed by atoms with van der Waals surface area (Å²) in [6, 6.07) is 11.4. The number of hydrogen-bond donors (Lipinski definition) is 0. The Morgan fingerprint density at radius 2 is 0.946 bits per heavy atom. The van der Waals surface area contributed by atoms with Crippen molar-refractivity contribution in [3.8, 4) is 0 Å². The fourth-order valence-electron chi connectivity index (χ4n) is 3.67. The van der Waals surface area contributed by atoms with E-state index in [0.717, 1.165) is 0 Å². The maximum absolute atomic E-state index is 13.1. The van der Waals surface area contributed by atoms with E-state index in [9.17, 15) is 27.6 Å². The largest absolute Gasteiger partial charge is 0.299 e. The number of carbonyl (C=O) groups is 4. The van der Waals surface area contributed by atoms with Gasteiger partial charge in [-0.15, -0.1) is 0 Å². The Balaban J connectivity index is 2.28. The maximum Gasteiger partial charge on any atom is 0.206 e. The van der Waals surface area contributed by atoms with E-state index in [1.165, 1.54) is 74.5 Å².